The fraction of sp³-hybridized carbons (Fsp3) is 0.179. The van der Waals surface area contributed by atoms with Crippen LogP contribution in [-0.4, -0.2) is 72.6 Å². The summed E-state index contributed by atoms with van der Waals surface area (Å²) in [6, 6.07) is 15.1. The molecule has 1 saturated heterocycles. The lowest BCUT2D eigenvalue weighted by molar-refractivity contribution is -0.111. The van der Waals surface area contributed by atoms with Crippen molar-refractivity contribution in [3.8, 4) is 11.1 Å². The molecule has 1 aliphatic rings. The van der Waals surface area contributed by atoms with E-state index in [-0.39, 0.29) is 11.8 Å². The molecular weight excluding hydrogens is 480 g/mol. The van der Waals surface area contributed by atoms with Crippen LogP contribution in [0.2, 0.25) is 0 Å². The molecule has 2 N–H and O–H groups in total. The number of hydrogen-bond acceptors (Lipinski definition) is 6. The molecule has 6 rings (SSSR count). The summed E-state index contributed by atoms with van der Waals surface area (Å²) in [6.07, 6.45) is 6.56. The van der Waals surface area contributed by atoms with Crippen LogP contribution in [0.4, 0.5) is 5.69 Å². The number of H-pyrrole nitrogens is 1. The Balaban J connectivity index is 1.13. The molecule has 0 radical (unpaired) electrons. The molecule has 1 aliphatic heterocycles. The number of hydrogen-bond donors (Lipinski definition) is 2. The molecule has 1 fully saturated rings. The van der Waals surface area contributed by atoms with Gasteiger partial charge in [0.15, 0.2) is 0 Å². The zero-order valence-corrected chi connectivity index (χ0v) is 20.7. The van der Waals surface area contributed by atoms with Crippen molar-refractivity contribution >= 4 is 34.1 Å². The van der Waals surface area contributed by atoms with E-state index in [2.05, 4.69) is 43.0 Å². The lowest BCUT2D eigenvalue weighted by Crippen LogP contribution is -2.48. The molecule has 5 heterocycles. The number of benzene rings is 1. The standard InChI is InChI=1S/C28H26N8O2/c1-2-26(37)32-20-6-3-5-19(15-20)28(38)35-13-11-34(12-14-35)18-21-16-23-22(8-10-29-27(23)33-21)24-17-31-36-25(24)7-4-9-30-36/h2-10,15-17H,1,11-14,18H2,(H,29,33)(H,32,37). The summed E-state index contributed by atoms with van der Waals surface area (Å²) in [5.74, 6) is -0.347. The van der Waals surface area contributed by atoms with Gasteiger partial charge in [0.25, 0.3) is 5.91 Å². The maximum absolute atomic E-state index is 13.1. The maximum atomic E-state index is 13.1. The van der Waals surface area contributed by atoms with Crippen LogP contribution in [0, 0.1) is 0 Å². The van der Waals surface area contributed by atoms with Gasteiger partial charge in [-0.05, 0) is 54.1 Å². The first-order valence-electron chi connectivity index (χ1n) is 12.4. The molecule has 0 unspecified atom stereocenters. The summed E-state index contributed by atoms with van der Waals surface area (Å²) >= 11 is 0. The number of piperazine rings is 1. The van der Waals surface area contributed by atoms with Gasteiger partial charge in [-0.25, -0.2) is 4.98 Å². The first-order chi connectivity index (χ1) is 18.6. The molecule has 10 heteroatoms. The first-order valence-corrected chi connectivity index (χ1v) is 12.4. The Bertz CT molecular complexity index is 1660. The SMILES string of the molecule is C=CC(=O)Nc1cccc(C(=O)N2CCN(Cc3cc4c(-c5cnn6ncccc56)ccnc4[nH]3)CC2)c1. The van der Waals surface area contributed by atoms with E-state index in [1.54, 1.807) is 41.3 Å². The molecule has 0 atom stereocenters. The van der Waals surface area contributed by atoms with Gasteiger partial charge in [0.05, 0.1) is 11.7 Å². The number of carbonyl (C=O) groups excluding carboxylic acids is 2. The lowest BCUT2D eigenvalue weighted by Gasteiger charge is -2.34. The van der Waals surface area contributed by atoms with Crippen molar-refractivity contribution in [2.45, 2.75) is 6.54 Å². The maximum Gasteiger partial charge on any atom is 0.254 e. The number of nitrogens with zero attached hydrogens (tertiary/aromatic N) is 6. The summed E-state index contributed by atoms with van der Waals surface area (Å²) in [4.78, 5) is 36.9. The van der Waals surface area contributed by atoms with Crippen molar-refractivity contribution in [2.75, 3.05) is 31.5 Å². The second-order valence-electron chi connectivity index (χ2n) is 9.21. The van der Waals surface area contributed by atoms with E-state index in [0.717, 1.165) is 53.0 Å². The van der Waals surface area contributed by atoms with Crippen LogP contribution in [0.3, 0.4) is 0 Å². The molecular formula is C28H26N8O2. The van der Waals surface area contributed by atoms with Gasteiger partial charge in [-0.2, -0.15) is 14.8 Å². The third-order valence-electron chi connectivity index (χ3n) is 6.80. The van der Waals surface area contributed by atoms with Crippen molar-refractivity contribution in [1.82, 2.24) is 34.6 Å². The third kappa shape index (κ3) is 4.53. The van der Waals surface area contributed by atoms with E-state index in [9.17, 15) is 9.59 Å². The van der Waals surface area contributed by atoms with Gasteiger partial charge in [0.1, 0.15) is 5.65 Å². The summed E-state index contributed by atoms with van der Waals surface area (Å²) in [5.41, 5.74) is 6.04. The number of aromatic amines is 1. The number of nitrogens with one attached hydrogen (secondary N) is 2. The largest absolute Gasteiger partial charge is 0.342 e. The lowest BCUT2D eigenvalue weighted by atomic mass is 10.1. The van der Waals surface area contributed by atoms with Crippen LogP contribution in [0.15, 0.2) is 79.8 Å². The predicted octanol–water partition coefficient (Wildman–Crippen LogP) is 3.36. The average Bonchev–Trinajstić information content (AvgIpc) is 3.57. The second kappa shape index (κ2) is 9.91. The molecule has 0 spiro atoms. The van der Waals surface area contributed by atoms with Crippen LogP contribution in [0.5, 0.6) is 0 Å². The van der Waals surface area contributed by atoms with Gasteiger partial charge in [-0.15, -0.1) is 0 Å². The Hall–Kier alpha value is -4.83. The number of amides is 2. The molecule has 0 bridgehead atoms. The Labute approximate surface area is 218 Å². The highest BCUT2D eigenvalue weighted by Crippen LogP contribution is 2.31. The van der Waals surface area contributed by atoms with E-state index in [4.69, 9.17) is 0 Å². The molecule has 38 heavy (non-hydrogen) atoms. The van der Waals surface area contributed by atoms with Crippen molar-refractivity contribution in [1.29, 1.82) is 0 Å². The molecule has 190 valence electrons. The van der Waals surface area contributed by atoms with E-state index < -0.39 is 0 Å². The van der Waals surface area contributed by atoms with Gasteiger partial charge in [-0.3, -0.25) is 14.5 Å². The van der Waals surface area contributed by atoms with Crippen molar-refractivity contribution in [3.05, 3.63) is 91.0 Å². The quantitative estimate of drug-likeness (QED) is 0.342. The minimum Gasteiger partial charge on any atom is -0.342 e. The average molecular weight is 507 g/mol. The van der Waals surface area contributed by atoms with Gasteiger partial charge in [-0.1, -0.05) is 12.6 Å². The highest BCUT2D eigenvalue weighted by atomic mass is 16.2. The topological polar surface area (TPSA) is 112 Å². The number of rotatable bonds is 6. The van der Waals surface area contributed by atoms with Crippen LogP contribution in [-0.2, 0) is 11.3 Å². The van der Waals surface area contributed by atoms with E-state index >= 15 is 0 Å². The highest BCUT2D eigenvalue weighted by molar-refractivity contribution is 6.01. The summed E-state index contributed by atoms with van der Waals surface area (Å²) in [5, 5.41) is 12.4. The minimum absolute atomic E-state index is 0.0401. The van der Waals surface area contributed by atoms with Gasteiger partial charge in [0.2, 0.25) is 5.91 Å². The number of anilines is 1. The van der Waals surface area contributed by atoms with E-state index in [1.165, 1.54) is 6.08 Å². The Morgan fingerprint density at radius 2 is 1.87 bits per heavy atom. The minimum atomic E-state index is -0.307. The second-order valence-corrected chi connectivity index (χ2v) is 9.21. The van der Waals surface area contributed by atoms with Crippen LogP contribution in [0.25, 0.3) is 27.7 Å². The van der Waals surface area contributed by atoms with Gasteiger partial charge >= 0.3 is 0 Å². The third-order valence-corrected chi connectivity index (χ3v) is 6.80. The summed E-state index contributed by atoms with van der Waals surface area (Å²) in [7, 11) is 0. The molecule has 4 aromatic heterocycles. The first kappa shape index (κ1) is 23.6. The molecule has 5 aromatic rings. The molecule has 0 aliphatic carbocycles. The zero-order valence-electron chi connectivity index (χ0n) is 20.7. The van der Waals surface area contributed by atoms with Crippen LogP contribution in [0.1, 0.15) is 16.1 Å². The molecule has 10 nitrogen and oxygen atoms in total. The number of carbonyl (C=O) groups is 2. The Morgan fingerprint density at radius 3 is 2.71 bits per heavy atom. The zero-order chi connectivity index (χ0) is 26.1. The Morgan fingerprint density at radius 1 is 1.00 bits per heavy atom. The molecule has 1 aromatic carbocycles. The summed E-state index contributed by atoms with van der Waals surface area (Å²) in [6.45, 7) is 6.96. The smallest absolute Gasteiger partial charge is 0.254 e. The van der Waals surface area contributed by atoms with Crippen molar-refractivity contribution in [3.63, 3.8) is 0 Å². The van der Waals surface area contributed by atoms with Crippen LogP contribution >= 0.6 is 0 Å². The fourth-order valence-electron chi connectivity index (χ4n) is 4.90. The van der Waals surface area contributed by atoms with Crippen molar-refractivity contribution < 1.29 is 9.59 Å². The molecule has 2 amide bonds. The van der Waals surface area contributed by atoms with Crippen LogP contribution < -0.4 is 5.32 Å². The number of fused-ring (bicyclic) bond motifs is 2. The normalized spacial score (nSPS) is 14.2. The van der Waals surface area contributed by atoms with E-state index in [0.29, 0.717) is 24.3 Å². The number of aromatic nitrogens is 5. The van der Waals surface area contributed by atoms with E-state index in [1.807, 2.05) is 29.3 Å². The highest BCUT2D eigenvalue weighted by Gasteiger charge is 2.23. The molecule has 0 saturated carbocycles. The summed E-state index contributed by atoms with van der Waals surface area (Å²) < 4.78 is 1.63. The Kier molecular flexibility index (Phi) is 6.14. The number of pyridine rings is 1. The van der Waals surface area contributed by atoms with Crippen molar-refractivity contribution in [2.24, 2.45) is 0 Å². The van der Waals surface area contributed by atoms with Gasteiger partial charge in [0, 0.05) is 73.0 Å². The van der Waals surface area contributed by atoms with Gasteiger partial charge < -0.3 is 15.2 Å². The fourth-order valence-corrected chi connectivity index (χ4v) is 4.90. The monoisotopic (exact) mass is 506 g/mol. The predicted molar refractivity (Wildman–Crippen MR) is 145 cm³/mol.